The second-order valence-corrected chi connectivity index (χ2v) is 6.62. The van der Waals surface area contributed by atoms with E-state index < -0.39 is 0 Å². The molecule has 0 radical (unpaired) electrons. The summed E-state index contributed by atoms with van der Waals surface area (Å²) in [6, 6.07) is 0. The van der Waals surface area contributed by atoms with E-state index in [-0.39, 0.29) is 18.3 Å². The van der Waals surface area contributed by atoms with Gasteiger partial charge in [-0.25, -0.2) is 9.48 Å². The van der Waals surface area contributed by atoms with Crippen molar-refractivity contribution in [3.63, 3.8) is 0 Å². The molecule has 2 aliphatic heterocycles. The summed E-state index contributed by atoms with van der Waals surface area (Å²) in [5, 5.41) is 11.9. The Morgan fingerprint density at radius 2 is 2.12 bits per heavy atom. The summed E-state index contributed by atoms with van der Waals surface area (Å²) >= 11 is 0. The average Bonchev–Trinajstić information content (AvgIpc) is 3.37. The first kappa shape index (κ1) is 16.5. The van der Waals surface area contributed by atoms with E-state index in [4.69, 9.17) is 9.26 Å². The van der Waals surface area contributed by atoms with Crippen molar-refractivity contribution >= 4 is 0 Å². The lowest BCUT2D eigenvalue weighted by Crippen LogP contribution is -2.29. The van der Waals surface area contributed by atoms with E-state index >= 15 is 0 Å². The summed E-state index contributed by atoms with van der Waals surface area (Å²) in [6.07, 6.45) is 3.79. The van der Waals surface area contributed by atoms with Gasteiger partial charge in [0.2, 0.25) is 0 Å². The van der Waals surface area contributed by atoms with E-state index in [9.17, 15) is 4.79 Å². The summed E-state index contributed by atoms with van der Waals surface area (Å²) < 4.78 is 14.1. The van der Waals surface area contributed by atoms with E-state index in [1.165, 1.54) is 4.68 Å². The first-order valence-corrected chi connectivity index (χ1v) is 9.08. The highest BCUT2D eigenvalue weighted by molar-refractivity contribution is 5.01. The van der Waals surface area contributed by atoms with Crippen molar-refractivity contribution < 1.29 is 9.26 Å². The molecular formula is C16H24N6O3. The Bertz CT molecular complexity index is 767. The molecule has 2 saturated heterocycles. The van der Waals surface area contributed by atoms with Crippen LogP contribution in [0, 0.1) is 0 Å². The van der Waals surface area contributed by atoms with Gasteiger partial charge < -0.3 is 14.6 Å². The third kappa shape index (κ3) is 3.25. The number of rotatable bonds is 5. The van der Waals surface area contributed by atoms with Crippen LogP contribution in [0.3, 0.4) is 0 Å². The fourth-order valence-electron chi connectivity index (χ4n) is 3.61. The third-order valence-electron chi connectivity index (χ3n) is 4.95. The zero-order chi connectivity index (χ0) is 17.2. The Morgan fingerprint density at radius 3 is 2.84 bits per heavy atom. The Balaban J connectivity index is 1.56. The molecule has 2 aromatic rings. The summed E-state index contributed by atoms with van der Waals surface area (Å²) in [5.74, 6) is 2.15. The minimum Gasteiger partial charge on any atom is -0.368 e. The number of hydrogen-bond donors (Lipinski definition) is 1. The van der Waals surface area contributed by atoms with Crippen molar-refractivity contribution in [1.82, 2.24) is 29.8 Å². The Labute approximate surface area is 145 Å². The van der Waals surface area contributed by atoms with Crippen molar-refractivity contribution in [2.45, 2.75) is 57.7 Å². The van der Waals surface area contributed by atoms with Crippen molar-refractivity contribution in [3.05, 3.63) is 28.0 Å². The standard InChI is InChI=1S/C16H24N6O3/c1-2-21-14(11-5-7-17-8-6-11)19-22(16(21)23)10-13-18-15(25-20-13)12-4-3-9-24-12/h11-12,17H,2-10H2,1H3/t12-/m1/s1. The Morgan fingerprint density at radius 1 is 1.28 bits per heavy atom. The number of ether oxygens (including phenoxy) is 1. The molecule has 4 rings (SSSR count). The summed E-state index contributed by atoms with van der Waals surface area (Å²) in [5.41, 5.74) is -0.112. The van der Waals surface area contributed by atoms with E-state index in [1.54, 1.807) is 4.57 Å². The second-order valence-electron chi connectivity index (χ2n) is 6.62. The smallest absolute Gasteiger partial charge is 0.346 e. The fraction of sp³-hybridized carbons (Fsp3) is 0.750. The quantitative estimate of drug-likeness (QED) is 0.853. The number of piperidine rings is 1. The highest BCUT2D eigenvalue weighted by Gasteiger charge is 2.26. The van der Waals surface area contributed by atoms with Gasteiger partial charge >= 0.3 is 5.69 Å². The minimum atomic E-state index is -0.114. The maximum Gasteiger partial charge on any atom is 0.346 e. The van der Waals surface area contributed by atoms with Crippen LogP contribution in [0.25, 0.3) is 0 Å². The monoisotopic (exact) mass is 348 g/mol. The predicted octanol–water partition coefficient (Wildman–Crippen LogP) is 0.814. The van der Waals surface area contributed by atoms with Crippen LogP contribution in [0.4, 0.5) is 0 Å². The van der Waals surface area contributed by atoms with E-state index in [0.29, 0.717) is 24.2 Å². The molecule has 2 aromatic heterocycles. The molecule has 0 amide bonds. The first-order valence-electron chi connectivity index (χ1n) is 9.08. The molecule has 0 saturated carbocycles. The van der Waals surface area contributed by atoms with Crippen LogP contribution in [0.5, 0.6) is 0 Å². The topological polar surface area (TPSA) is 100 Å². The van der Waals surface area contributed by atoms with Gasteiger partial charge in [0.15, 0.2) is 5.82 Å². The highest BCUT2D eigenvalue weighted by Crippen LogP contribution is 2.27. The second kappa shape index (κ2) is 7.09. The molecule has 2 aliphatic rings. The fourth-order valence-corrected chi connectivity index (χ4v) is 3.61. The van der Waals surface area contributed by atoms with Crippen LogP contribution in [0.1, 0.15) is 62.2 Å². The molecule has 0 spiro atoms. The van der Waals surface area contributed by atoms with Gasteiger partial charge in [0.05, 0.1) is 0 Å². The normalized spacial score (nSPS) is 21.9. The summed E-state index contributed by atoms with van der Waals surface area (Å²) in [4.78, 5) is 17.1. The number of nitrogens with one attached hydrogen (secondary N) is 1. The van der Waals surface area contributed by atoms with Crippen molar-refractivity contribution in [2.24, 2.45) is 0 Å². The van der Waals surface area contributed by atoms with Gasteiger partial charge in [-0.15, -0.1) is 0 Å². The summed E-state index contributed by atoms with van der Waals surface area (Å²) in [7, 11) is 0. The van der Waals surface area contributed by atoms with Crippen LogP contribution < -0.4 is 11.0 Å². The van der Waals surface area contributed by atoms with E-state index in [2.05, 4.69) is 20.6 Å². The molecule has 4 heterocycles. The van der Waals surface area contributed by atoms with Gasteiger partial charge in [-0.05, 0) is 45.7 Å². The molecule has 9 nitrogen and oxygen atoms in total. The lowest BCUT2D eigenvalue weighted by atomic mass is 9.97. The molecule has 0 unspecified atom stereocenters. The predicted molar refractivity (Wildman–Crippen MR) is 88.3 cm³/mol. The van der Waals surface area contributed by atoms with Gasteiger partial charge in [-0.1, -0.05) is 5.16 Å². The number of aromatic nitrogens is 5. The maximum absolute atomic E-state index is 12.7. The lowest BCUT2D eigenvalue weighted by Gasteiger charge is -2.21. The molecule has 25 heavy (non-hydrogen) atoms. The SMILES string of the molecule is CCn1c(C2CCNCC2)nn(Cc2noc([C@H]3CCCO3)n2)c1=O. The van der Waals surface area contributed by atoms with E-state index in [0.717, 1.165) is 51.2 Å². The summed E-state index contributed by atoms with van der Waals surface area (Å²) in [6.45, 7) is 5.46. The molecule has 1 N–H and O–H groups in total. The average molecular weight is 348 g/mol. The van der Waals surface area contributed by atoms with Crippen LogP contribution in [0.2, 0.25) is 0 Å². The molecule has 2 fully saturated rings. The van der Waals surface area contributed by atoms with Crippen molar-refractivity contribution in [2.75, 3.05) is 19.7 Å². The minimum absolute atomic E-state index is 0.112. The van der Waals surface area contributed by atoms with Crippen LogP contribution in [-0.2, 0) is 17.8 Å². The molecule has 1 atom stereocenters. The van der Waals surface area contributed by atoms with E-state index in [1.807, 2.05) is 6.92 Å². The van der Waals surface area contributed by atoms with Gasteiger partial charge in [-0.3, -0.25) is 4.57 Å². The zero-order valence-corrected chi connectivity index (χ0v) is 14.5. The van der Waals surface area contributed by atoms with Gasteiger partial charge in [0.25, 0.3) is 5.89 Å². The molecule has 0 aromatic carbocycles. The largest absolute Gasteiger partial charge is 0.368 e. The van der Waals surface area contributed by atoms with Crippen LogP contribution in [-0.4, -0.2) is 44.2 Å². The first-order chi connectivity index (χ1) is 12.3. The molecule has 136 valence electrons. The Kier molecular flexibility index (Phi) is 4.67. The Hall–Kier alpha value is -2.00. The zero-order valence-electron chi connectivity index (χ0n) is 14.5. The third-order valence-corrected chi connectivity index (χ3v) is 4.95. The van der Waals surface area contributed by atoms with Crippen molar-refractivity contribution in [3.8, 4) is 0 Å². The van der Waals surface area contributed by atoms with Crippen molar-refractivity contribution in [1.29, 1.82) is 0 Å². The van der Waals surface area contributed by atoms with Crippen LogP contribution in [0.15, 0.2) is 9.32 Å². The molecule has 0 aliphatic carbocycles. The van der Waals surface area contributed by atoms with Gasteiger partial charge in [0.1, 0.15) is 18.5 Å². The number of nitrogens with zero attached hydrogens (tertiary/aromatic N) is 5. The molecular weight excluding hydrogens is 324 g/mol. The molecule has 0 bridgehead atoms. The van der Waals surface area contributed by atoms with Gasteiger partial charge in [0, 0.05) is 19.1 Å². The van der Waals surface area contributed by atoms with Crippen LogP contribution >= 0.6 is 0 Å². The lowest BCUT2D eigenvalue weighted by molar-refractivity contribution is 0.0835. The molecule has 9 heteroatoms. The van der Waals surface area contributed by atoms with Gasteiger partial charge in [-0.2, -0.15) is 10.1 Å². The number of hydrogen-bond acceptors (Lipinski definition) is 7. The maximum atomic E-state index is 12.7. The highest BCUT2D eigenvalue weighted by atomic mass is 16.5.